The maximum absolute atomic E-state index is 12.4. The van der Waals surface area contributed by atoms with Crippen molar-refractivity contribution in [2.75, 3.05) is 5.32 Å². The molecule has 3 N–H and O–H groups in total. The van der Waals surface area contributed by atoms with E-state index >= 15 is 0 Å². The van der Waals surface area contributed by atoms with Gasteiger partial charge < -0.3 is 11.1 Å². The Balaban J connectivity index is 0.00000242. The first-order valence-corrected chi connectivity index (χ1v) is 7.15. The van der Waals surface area contributed by atoms with Gasteiger partial charge >= 0.3 is 0 Å². The van der Waals surface area contributed by atoms with E-state index in [1.165, 1.54) is 0 Å². The van der Waals surface area contributed by atoms with Crippen LogP contribution in [0.25, 0.3) is 0 Å². The number of carbonyl (C=O) groups excluding carboxylic acids is 1. The van der Waals surface area contributed by atoms with Gasteiger partial charge in [-0.25, -0.2) is 4.68 Å². The summed E-state index contributed by atoms with van der Waals surface area (Å²) < 4.78 is 1.78. The predicted octanol–water partition coefficient (Wildman–Crippen LogP) is 3.16. The zero-order chi connectivity index (χ0) is 15.4. The van der Waals surface area contributed by atoms with Gasteiger partial charge in [-0.15, -0.1) is 12.4 Å². The standard InChI is InChI=1S/C16H22N4O.ClH/c1-11(2)20-14(9-10-18-20)19-16(21)12(3)15(17)13-7-5-4-6-8-13;/h4-12,15H,17H2,1-3H3,(H,19,21);1H. The molecule has 1 aromatic heterocycles. The SMILES string of the molecule is CC(C(=O)Nc1ccnn1C(C)C)C(N)c1ccccc1.Cl. The second-order valence-corrected chi connectivity index (χ2v) is 5.47. The number of nitrogens with two attached hydrogens (primary N) is 1. The van der Waals surface area contributed by atoms with Gasteiger partial charge in [0.1, 0.15) is 5.82 Å². The molecule has 2 rings (SSSR count). The molecule has 0 saturated heterocycles. The molecule has 0 aliphatic heterocycles. The summed E-state index contributed by atoms with van der Waals surface area (Å²) in [5, 5.41) is 7.11. The van der Waals surface area contributed by atoms with E-state index in [1.807, 2.05) is 51.1 Å². The van der Waals surface area contributed by atoms with E-state index in [4.69, 9.17) is 5.73 Å². The largest absolute Gasteiger partial charge is 0.323 e. The summed E-state index contributed by atoms with van der Waals surface area (Å²) in [5.41, 5.74) is 7.14. The van der Waals surface area contributed by atoms with Gasteiger partial charge in [-0.05, 0) is 19.4 Å². The maximum atomic E-state index is 12.4. The summed E-state index contributed by atoms with van der Waals surface area (Å²) in [6.07, 6.45) is 1.68. The number of aromatic nitrogens is 2. The van der Waals surface area contributed by atoms with E-state index in [1.54, 1.807) is 16.9 Å². The van der Waals surface area contributed by atoms with Gasteiger partial charge in [-0.1, -0.05) is 37.3 Å². The van der Waals surface area contributed by atoms with Crippen LogP contribution in [-0.4, -0.2) is 15.7 Å². The van der Waals surface area contributed by atoms with Crippen LogP contribution in [-0.2, 0) is 4.79 Å². The number of halogens is 1. The lowest BCUT2D eigenvalue weighted by Crippen LogP contribution is -2.31. The summed E-state index contributed by atoms with van der Waals surface area (Å²) in [6.45, 7) is 5.87. The van der Waals surface area contributed by atoms with Crippen molar-refractivity contribution >= 4 is 24.1 Å². The van der Waals surface area contributed by atoms with Crippen molar-refractivity contribution in [1.82, 2.24) is 9.78 Å². The van der Waals surface area contributed by atoms with Crippen LogP contribution in [0, 0.1) is 5.92 Å². The van der Waals surface area contributed by atoms with Crippen molar-refractivity contribution < 1.29 is 4.79 Å². The van der Waals surface area contributed by atoms with Crippen molar-refractivity contribution in [3.8, 4) is 0 Å². The lowest BCUT2D eigenvalue weighted by Gasteiger charge is -2.20. The molecule has 1 amide bonds. The molecule has 0 aliphatic rings. The molecular formula is C16H23ClN4O. The molecule has 0 saturated carbocycles. The Kier molecular flexibility index (Phi) is 6.59. The number of nitrogens with zero attached hydrogens (tertiary/aromatic N) is 2. The molecule has 22 heavy (non-hydrogen) atoms. The van der Waals surface area contributed by atoms with Crippen LogP contribution >= 0.6 is 12.4 Å². The zero-order valence-corrected chi connectivity index (χ0v) is 13.9. The molecule has 1 heterocycles. The highest BCUT2D eigenvalue weighted by Crippen LogP contribution is 2.21. The predicted molar refractivity (Wildman–Crippen MR) is 91.0 cm³/mol. The van der Waals surface area contributed by atoms with E-state index in [9.17, 15) is 4.79 Å². The van der Waals surface area contributed by atoms with Gasteiger partial charge in [0.05, 0.1) is 12.1 Å². The van der Waals surface area contributed by atoms with Crippen LogP contribution in [0.3, 0.4) is 0 Å². The summed E-state index contributed by atoms with van der Waals surface area (Å²) in [7, 11) is 0. The number of nitrogens with one attached hydrogen (secondary N) is 1. The van der Waals surface area contributed by atoms with E-state index in [-0.39, 0.29) is 36.3 Å². The first kappa shape index (κ1) is 18.2. The fraction of sp³-hybridized carbons (Fsp3) is 0.375. The molecule has 0 radical (unpaired) electrons. The minimum atomic E-state index is -0.332. The molecule has 0 aliphatic carbocycles. The molecule has 120 valence electrons. The Labute approximate surface area is 137 Å². The van der Waals surface area contributed by atoms with Crippen molar-refractivity contribution in [3.05, 3.63) is 48.2 Å². The Morgan fingerprint density at radius 3 is 2.41 bits per heavy atom. The monoisotopic (exact) mass is 322 g/mol. The number of hydrogen-bond donors (Lipinski definition) is 2. The Hall–Kier alpha value is -1.85. The molecule has 0 bridgehead atoms. The first-order chi connectivity index (χ1) is 10.0. The van der Waals surface area contributed by atoms with Crippen molar-refractivity contribution in [2.45, 2.75) is 32.9 Å². The number of carbonyl (C=O) groups is 1. The van der Waals surface area contributed by atoms with Gasteiger partial charge in [0.15, 0.2) is 0 Å². The number of rotatable bonds is 5. The average Bonchev–Trinajstić information content (AvgIpc) is 2.95. The number of amides is 1. The van der Waals surface area contributed by atoms with Crippen LogP contribution in [0.4, 0.5) is 5.82 Å². The van der Waals surface area contributed by atoms with E-state index in [0.29, 0.717) is 5.82 Å². The Bertz CT molecular complexity index is 597. The van der Waals surface area contributed by atoms with E-state index in [0.717, 1.165) is 5.56 Å². The fourth-order valence-corrected chi connectivity index (χ4v) is 2.19. The fourth-order valence-electron chi connectivity index (χ4n) is 2.19. The van der Waals surface area contributed by atoms with Crippen molar-refractivity contribution in [3.63, 3.8) is 0 Å². The molecular weight excluding hydrogens is 300 g/mol. The average molecular weight is 323 g/mol. The molecule has 5 nitrogen and oxygen atoms in total. The van der Waals surface area contributed by atoms with Crippen molar-refractivity contribution in [2.24, 2.45) is 11.7 Å². The van der Waals surface area contributed by atoms with E-state index < -0.39 is 0 Å². The topological polar surface area (TPSA) is 72.9 Å². The number of anilines is 1. The second kappa shape index (κ2) is 7.96. The van der Waals surface area contributed by atoms with Gasteiger partial charge in [0.2, 0.25) is 5.91 Å². The quantitative estimate of drug-likeness (QED) is 0.888. The maximum Gasteiger partial charge on any atom is 0.230 e. The molecule has 2 atom stereocenters. The molecule has 0 fully saturated rings. The normalized spacial score (nSPS) is 13.3. The molecule has 6 heteroatoms. The van der Waals surface area contributed by atoms with Gasteiger partial charge in [-0.3, -0.25) is 4.79 Å². The highest BCUT2D eigenvalue weighted by atomic mass is 35.5. The highest BCUT2D eigenvalue weighted by molar-refractivity contribution is 5.92. The third-order valence-electron chi connectivity index (χ3n) is 3.55. The molecule has 2 unspecified atom stereocenters. The van der Waals surface area contributed by atoms with Crippen LogP contribution in [0.15, 0.2) is 42.6 Å². The highest BCUT2D eigenvalue weighted by Gasteiger charge is 2.23. The third-order valence-corrected chi connectivity index (χ3v) is 3.55. The lowest BCUT2D eigenvalue weighted by molar-refractivity contribution is -0.120. The minimum absolute atomic E-state index is 0. The third kappa shape index (κ3) is 4.08. The van der Waals surface area contributed by atoms with Gasteiger partial charge in [0.25, 0.3) is 0 Å². The summed E-state index contributed by atoms with van der Waals surface area (Å²) in [4.78, 5) is 12.4. The smallest absolute Gasteiger partial charge is 0.230 e. The van der Waals surface area contributed by atoms with Crippen molar-refractivity contribution in [1.29, 1.82) is 0 Å². The van der Waals surface area contributed by atoms with Crippen LogP contribution in [0.1, 0.15) is 38.4 Å². The summed E-state index contributed by atoms with van der Waals surface area (Å²) >= 11 is 0. The second-order valence-electron chi connectivity index (χ2n) is 5.47. The number of hydrogen-bond acceptors (Lipinski definition) is 3. The molecule has 0 spiro atoms. The summed E-state index contributed by atoms with van der Waals surface area (Å²) in [6, 6.07) is 11.3. The van der Waals surface area contributed by atoms with Gasteiger partial charge in [0, 0.05) is 18.2 Å². The zero-order valence-electron chi connectivity index (χ0n) is 13.1. The van der Waals surface area contributed by atoms with E-state index in [2.05, 4.69) is 10.4 Å². The lowest BCUT2D eigenvalue weighted by atomic mass is 9.95. The van der Waals surface area contributed by atoms with Gasteiger partial charge in [-0.2, -0.15) is 5.10 Å². The minimum Gasteiger partial charge on any atom is -0.323 e. The van der Waals surface area contributed by atoms with Crippen LogP contribution < -0.4 is 11.1 Å². The summed E-state index contributed by atoms with van der Waals surface area (Å²) in [5.74, 6) is 0.263. The van der Waals surface area contributed by atoms with Crippen LogP contribution in [0.5, 0.6) is 0 Å². The number of benzene rings is 1. The molecule has 2 aromatic rings. The Morgan fingerprint density at radius 1 is 1.18 bits per heavy atom. The first-order valence-electron chi connectivity index (χ1n) is 7.15. The van der Waals surface area contributed by atoms with Crippen LogP contribution in [0.2, 0.25) is 0 Å². The Morgan fingerprint density at radius 2 is 1.82 bits per heavy atom. The molecule has 1 aromatic carbocycles.